The molecule has 1 rings (SSSR count). The summed E-state index contributed by atoms with van der Waals surface area (Å²) in [5.41, 5.74) is 0.489. The molecule has 0 atom stereocenters. The van der Waals surface area contributed by atoms with Crippen LogP contribution in [0.1, 0.15) is 39.0 Å². The lowest BCUT2D eigenvalue weighted by molar-refractivity contribution is -0.120. The second-order valence-corrected chi connectivity index (χ2v) is 4.62. The summed E-state index contributed by atoms with van der Waals surface area (Å²) < 4.78 is 0. The molecule has 3 nitrogen and oxygen atoms in total. The van der Waals surface area contributed by atoms with Gasteiger partial charge in [0.2, 0.25) is 5.91 Å². The van der Waals surface area contributed by atoms with Crippen LogP contribution in [0.25, 0.3) is 0 Å². The Labute approximate surface area is 86.6 Å². The van der Waals surface area contributed by atoms with E-state index < -0.39 is 0 Å². The second-order valence-electron chi connectivity index (χ2n) is 4.62. The van der Waals surface area contributed by atoms with Gasteiger partial charge in [0, 0.05) is 26.6 Å². The van der Waals surface area contributed by atoms with Crippen molar-refractivity contribution in [2.24, 2.45) is 5.41 Å². The van der Waals surface area contributed by atoms with Gasteiger partial charge in [-0.15, -0.1) is 0 Å². The molecular weight excluding hydrogens is 176 g/mol. The first-order chi connectivity index (χ1) is 6.66. The van der Waals surface area contributed by atoms with Crippen molar-refractivity contribution in [3.63, 3.8) is 0 Å². The van der Waals surface area contributed by atoms with Crippen molar-refractivity contribution in [2.45, 2.75) is 39.0 Å². The van der Waals surface area contributed by atoms with Crippen LogP contribution in [-0.2, 0) is 4.79 Å². The first-order valence-electron chi connectivity index (χ1n) is 5.58. The van der Waals surface area contributed by atoms with Gasteiger partial charge in [0.15, 0.2) is 0 Å². The molecule has 1 aliphatic carbocycles. The van der Waals surface area contributed by atoms with Crippen molar-refractivity contribution < 1.29 is 4.79 Å². The van der Waals surface area contributed by atoms with Crippen molar-refractivity contribution in [2.75, 3.05) is 20.1 Å². The molecule has 14 heavy (non-hydrogen) atoms. The second kappa shape index (κ2) is 5.35. The molecule has 0 unspecified atom stereocenters. The molecule has 0 saturated heterocycles. The molecule has 0 heterocycles. The standard InChI is InChI=1S/C11H22N2O/c1-11(6-3-4-7-11)9-13-8-5-10(14)12-2/h13H,3-9H2,1-2H3,(H,12,14). The Balaban J connectivity index is 2.06. The highest BCUT2D eigenvalue weighted by molar-refractivity contribution is 5.75. The highest BCUT2D eigenvalue weighted by Crippen LogP contribution is 2.36. The highest BCUT2D eigenvalue weighted by atomic mass is 16.1. The Hall–Kier alpha value is -0.570. The molecule has 1 saturated carbocycles. The first-order valence-corrected chi connectivity index (χ1v) is 5.58. The third-order valence-electron chi connectivity index (χ3n) is 3.17. The number of carbonyl (C=O) groups excluding carboxylic acids is 1. The quantitative estimate of drug-likeness (QED) is 0.654. The fourth-order valence-corrected chi connectivity index (χ4v) is 2.12. The Morgan fingerprint density at radius 2 is 2.00 bits per heavy atom. The molecule has 1 fully saturated rings. The van der Waals surface area contributed by atoms with Gasteiger partial charge in [-0.1, -0.05) is 19.8 Å². The van der Waals surface area contributed by atoms with Gasteiger partial charge in [0.1, 0.15) is 0 Å². The smallest absolute Gasteiger partial charge is 0.221 e. The summed E-state index contributed by atoms with van der Waals surface area (Å²) in [5, 5.41) is 6.00. The van der Waals surface area contributed by atoms with Gasteiger partial charge in [-0.05, 0) is 18.3 Å². The van der Waals surface area contributed by atoms with E-state index in [1.165, 1.54) is 25.7 Å². The summed E-state index contributed by atoms with van der Waals surface area (Å²) in [6, 6.07) is 0. The number of hydrogen-bond acceptors (Lipinski definition) is 2. The van der Waals surface area contributed by atoms with E-state index in [0.29, 0.717) is 11.8 Å². The van der Waals surface area contributed by atoms with Crippen LogP contribution in [0.3, 0.4) is 0 Å². The Morgan fingerprint density at radius 3 is 2.57 bits per heavy atom. The van der Waals surface area contributed by atoms with Crippen LogP contribution in [0.4, 0.5) is 0 Å². The fourth-order valence-electron chi connectivity index (χ4n) is 2.12. The molecule has 0 radical (unpaired) electrons. The largest absolute Gasteiger partial charge is 0.359 e. The molecule has 0 bridgehead atoms. The predicted octanol–water partition coefficient (Wildman–Crippen LogP) is 1.29. The van der Waals surface area contributed by atoms with Crippen molar-refractivity contribution in [1.82, 2.24) is 10.6 Å². The average molecular weight is 198 g/mol. The van der Waals surface area contributed by atoms with E-state index in [1.54, 1.807) is 7.05 Å². The van der Waals surface area contributed by atoms with E-state index in [0.717, 1.165) is 13.1 Å². The van der Waals surface area contributed by atoms with Gasteiger partial charge < -0.3 is 10.6 Å². The lowest BCUT2D eigenvalue weighted by atomic mass is 9.89. The van der Waals surface area contributed by atoms with Crippen LogP contribution in [-0.4, -0.2) is 26.0 Å². The van der Waals surface area contributed by atoms with Crippen LogP contribution in [0, 0.1) is 5.41 Å². The van der Waals surface area contributed by atoms with Crippen LogP contribution in [0.5, 0.6) is 0 Å². The summed E-state index contributed by atoms with van der Waals surface area (Å²) in [4.78, 5) is 10.9. The molecule has 0 aromatic heterocycles. The zero-order chi connectivity index (χ0) is 10.4. The normalized spacial score (nSPS) is 19.6. The number of amides is 1. The zero-order valence-corrected chi connectivity index (χ0v) is 9.36. The maximum absolute atomic E-state index is 10.9. The molecule has 2 N–H and O–H groups in total. The summed E-state index contributed by atoms with van der Waals surface area (Å²) >= 11 is 0. The van der Waals surface area contributed by atoms with E-state index in [4.69, 9.17) is 0 Å². The third-order valence-corrected chi connectivity index (χ3v) is 3.17. The Morgan fingerprint density at radius 1 is 1.36 bits per heavy atom. The predicted molar refractivity (Wildman–Crippen MR) is 58.1 cm³/mol. The SMILES string of the molecule is CNC(=O)CCNCC1(C)CCCC1. The third kappa shape index (κ3) is 3.66. The fraction of sp³-hybridized carbons (Fsp3) is 0.909. The van der Waals surface area contributed by atoms with Crippen molar-refractivity contribution in [3.8, 4) is 0 Å². The average Bonchev–Trinajstić information content (AvgIpc) is 2.60. The van der Waals surface area contributed by atoms with E-state index >= 15 is 0 Å². The van der Waals surface area contributed by atoms with Gasteiger partial charge in [-0.2, -0.15) is 0 Å². The molecule has 0 aromatic carbocycles. The number of hydrogen-bond donors (Lipinski definition) is 2. The van der Waals surface area contributed by atoms with E-state index in [1.807, 2.05) is 0 Å². The van der Waals surface area contributed by atoms with Gasteiger partial charge in [-0.3, -0.25) is 4.79 Å². The maximum Gasteiger partial charge on any atom is 0.221 e. The molecule has 0 aliphatic heterocycles. The lowest BCUT2D eigenvalue weighted by Crippen LogP contribution is -2.32. The van der Waals surface area contributed by atoms with Crippen molar-refractivity contribution in [3.05, 3.63) is 0 Å². The molecule has 1 aliphatic rings. The Kier molecular flexibility index (Phi) is 4.39. The first kappa shape index (κ1) is 11.5. The molecule has 82 valence electrons. The topological polar surface area (TPSA) is 41.1 Å². The van der Waals surface area contributed by atoms with Crippen molar-refractivity contribution in [1.29, 1.82) is 0 Å². The van der Waals surface area contributed by atoms with Gasteiger partial charge >= 0.3 is 0 Å². The number of rotatable bonds is 5. The maximum atomic E-state index is 10.9. The van der Waals surface area contributed by atoms with Gasteiger partial charge in [0.05, 0.1) is 0 Å². The molecule has 0 spiro atoms. The van der Waals surface area contributed by atoms with Crippen LogP contribution >= 0.6 is 0 Å². The Bertz CT molecular complexity index is 186. The molecular formula is C11H22N2O. The summed E-state index contributed by atoms with van der Waals surface area (Å²) in [6.07, 6.45) is 5.99. The van der Waals surface area contributed by atoms with Crippen LogP contribution in [0.2, 0.25) is 0 Å². The van der Waals surface area contributed by atoms with Crippen LogP contribution < -0.4 is 10.6 Å². The molecule has 3 heteroatoms. The monoisotopic (exact) mass is 198 g/mol. The number of nitrogens with one attached hydrogen (secondary N) is 2. The van der Waals surface area contributed by atoms with E-state index in [-0.39, 0.29) is 5.91 Å². The minimum atomic E-state index is 0.120. The molecule has 1 amide bonds. The zero-order valence-electron chi connectivity index (χ0n) is 9.36. The summed E-state index contributed by atoms with van der Waals surface area (Å²) in [6.45, 7) is 4.20. The lowest BCUT2D eigenvalue weighted by Gasteiger charge is -2.23. The summed E-state index contributed by atoms with van der Waals surface area (Å²) in [7, 11) is 1.68. The van der Waals surface area contributed by atoms with E-state index in [2.05, 4.69) is 17.6 Å². The number of carbonyl (C=O) groups is 1. The van der Waals surface area contributed by atoms with Crippen LogP contribution in [0.15, 0.2) is 0 Å². The minimum Gasteiger partial charge on any atom is -0.359 e. The molecule has 0 aromatic rings. The summed E-state index contributed by atoms with van der Waals surface area (Å²) in [5.74, 6) is 0.120. The highest BCUT2D eigenvalue weighted by Gasteiger charge is 2.27. The minimum absolute atomic E-state index is 0.120. The van der Waals surface area contributed by atoms with Crippen molar-refractivity contribution >= 4 is 5.91 Å². The van der Waals surface area contributed by atoms with E-state index in [9.17, 15) is 4.79 Å². The van der Waals surface area contributed by atoms with Gasteiger partial charge in [0.25, 0.3) is 0 Å². The van der Waals surface area contributed by atoms with Gasteiger partial charge in [-0.25, -0.2) is 0 Å².